The van der Waals surface area contributed by atoms with Crippen molar-refractivity contribution in [3.05, 3.63) is 72.8 Å². The van der Waals surface area contributed by atoms with Crippen LogP contribution in [-0.4, -0.2) is 60.0 Å². The van der Waals surface area contributed by atoms with Crippen molar-refractivity contribution in [1.29, 1.82) is 0 Å². The first-order valence-corrected chi connectivity index (χ1v) is 26.8. The fourth-order valence-corrected chi connectivity index (χ4v) is 8.30. The monoisotopic (exact) mass is 1030 g/mol. The largest absolute Gasteiger partial charge is 0.587 e. The Morgan fingerprint density at radius 2 is 1.05 bits per heavy atom. The van der Waals surface area contributed by atoms with Crippen molar-refractivity contribution in [2.75, 3.05) is 13.2 Å². The van der Waals surface area contributed by atoms with Crippen LogP contribution in [0.4, 0.5) is 0 Å². The van der Waals surface area contributed by atoms with Crippen LogP contribution in [0, 0.1) is 160 Å². The molecule has 0 aromatic heterocycles. The molecule has 0 bridgehead atoms. The summed E-state index contributed by atoms with van der Waals surface area (Å²) in [6.45, 7) is 9.50. The van der Waals surface area contributed by atoms with Gasteiger partial charge >= 0.3 is 7.82 Å². The van der Waals surface area contributed by atoms with Crippen LogP contribution >= 0.6 is 7.82 Å². The normalized spacial score (nSPS) is 16.6. The highest BCUT2D eigenvalue weighted by Gasteiger charge is 2.43. The molecule has 1 aliphatic rings. The maximum absolute atomic E-state index is 14.1. The summed E-state index contributed by atoms with van der Waals surface area (Å²) >= 11 is 0. The lowest BCUT2D eigenvalue weighted by Crippen LogP contribution is -2.53. The number of amides is 1. The molecular weight excluding hydrogens is 970 g/mol. The van der Waals surface area contributed by atoms with Gasteiger partial charge in [0.1, 0.15) is 23.7 Å². The van der Waals surface area contributed by atoms with Gasteiger partial charge in [-0.15, -0.1) is 0 Å². The minimum absolute atomic E-state index is 0.0178. The first-order valence-electron chi connectivity index (χ1n) is 25.3. The third-order valence-electron chi connectivity index (χ3n) is 11.5. The topological polar surface area (TPSA) is 133 Å². The molecule has 1 fully saturated rings. The van der Waals surface area contributed by atoms with Gasteiger partial charge in [0.15, 0.2) is 6.29 Å². The smallest absolute Gasteiger partial charge is 0.395 e. The van der Waals surface area contributed by atoms with Gasteiger partial charge in [0.05, 0.1) is 25.4 Å². The molecule has 2 aromatic carbocycles. The first-order chi connectivity index (χ1) is 37.1. The van der Waals surface area contributed by atoms with E-state index in [1.807, 2.05) is 19.9 Å². The standard InChI is InChI=1S/C65H64NO9P/c1-6-8-10-12-14-16-18-20-21-22-23-24-25-26-27-28-29-30-32-34-36-38-46-52-63(68)66-60(64(69)61(67)51-45-37-35-33-31-19-17-15-13-11-9-7-2)53-71-65-57(5)55(3)56(4)62(73-65)54-72-76(70,74-58-47-41-39-42-48-58)75-59-49-43-40-44-50-59/h39-45,47-51,55-57,60-62,64-65,67,69H,7,9,11,13,15,17,19,31,33,35,37,53-54H2,1-5H3,(H,66,68)/t55-,56+,57?,60-,61+,62?,64-,65-/m0/s1. The number of hydrogen-bond acceptors (Lipinski definition) is 9. The molecule has 3 N–H and O–H groups in total. The number of aliphatic hydroxyl groups is 2. The number of ether oxygens (including phenoxy) is 2. The number of benzene rings is 2. The molecule has 10 nitrogen and oxygen atoms in total. The number of allylic oxidation sites excluding steroid dienone is 1. The zero-order chi connectivity index (χ0) is 54.7. The summed E-state index contributed by atoms with van der Waals surface area (Å²) in [4.78, 5) is 13.1. The van der Waals surface area contributed by atoms with Gasteiger partial charge in [-0.3, -0.25) is 9.32 Å². The van der Waals surface area contributed by atoms with Crippen molar-refractivity contribution in [2.45, 2.75) is 136 Å². The predicted molar refractivity (Wildman–Crippen MR) is 298 cm³/mol. The summed E-state index contributed by atoms with van der Waals surface area (Å²) in [5, 5.41) is 25.3. The number of phosphoric ester groups is 1. The van der Waals surface area contributed by atoms with E-state index in [1.165, 1.54) is 51.0 Å². The SMILES string of the molecule is CC#CC#CC#CC#CC#CC#CC#CC#CC#CC#CC#CC#CC(=O)N[C@@H](CO[C@H]1OC(COP(=O)(Oc2ccccc2)Oc2ccccc2)[C@H](C)[C@H](C)C1C)[C@H](O)[C@H](O)C=CCCCCCCCCCCCC. The highest BCUT2D eigenvalue weighted by atomic mass is 31.2. The van der Waals surface area contributed by atoms with E-state index in [2.05, 4.69) is 161 Å². The molecule has 388 valence electrons. The summed E-state index contributed by atoms with van der Waals surface area (Å²) in [5.41, 5.74) is 0. The molecule has 76 heavy (non-hydrogen) atoms. The molecule has 2 aromatic rings. The van der Waals surface area contributed by atoms with E-state index < -0.39 is 44.4 Å². The van der Waals surface area contributed by atoms with Gasteiger partial charge in [0.2, 0.25) is 0 Å². The minimum atomic E-state index is -4.24. The predicted octanol–water partition coefficient (Wildman–Crippen LogP) is 9.05. The van der Waals surface area contributed by atoms with Crippen LogP contribution in [0.15, 0.2) is 72.8 Å². The van der Waals surface area contributed by atoms with E-state index in [1.54, 1.807) is 67.6 Å². The highest BCUT2D eigenvalue weighted by molar-refractivity contribution is 7.49. The lowest BCUT2D eigenvalue weighted by Gasteiger charge is -2.43. The van der Waals surface area contributed by atoms with Gasteiger partial charge in [-0.2, -0.15) is 0 Å². The second kappa shape index (κ2) is 39.5. The Morgan fingerprint density at radius 1 is 0.618 bits per heavy atom. The average Bonchev–Trinajstić information content (AvgIpc) is 3.42. The number of carbonyl (C=O) groups excluding carboxylic acids is 1. The summed E-state index contributed by atoms with van der Waals surface area (Å²) < 4.78 is 44.5. The van der Waals surface area contributed by atoms with Gasteiger partial charge in [-0.1, -0.05) is 140 Å². The van der Waals surface area contributed by atoms with Crippen LogP contribution < -0.4 is 14.4 Å². The summed E-state index contributed by atoms with van der Waals surface area (Å²) in [7, 11) is -4.24. The Kier molecular flexibility index (Phi) is 32.3. The van der Waals surface area contributed by atoms with E-state index in [0.717, 1.165) is 25.7 Å². The number of unbranched alkanes of at least 4 members (excludes halogenated alkanes) is 10. The van der Waals surface area contributed by atoms with E-state index >= 15 is 0 Å². The Balaban J connectivity index is 1.66. The van der Waals surface area contributed by atoms with Crippen molar-refractivity contribution < 1.29 is 42.6 Å². The summed E-state index contributed by atoms with van der Waals surface area (Å²) in [5.74, 6) is 59.9. The molecule has 1 aliphatic heterocycles. The number of nitrogens with one attached hydrogen (secondary N) is 1. The van der Waals surface area contributed by atoms with Crippen molar-refractivity contribution in [2.24, 2.45) is 17.8 Å². The van der Waals surface area contributed by atoms with Gasteiger partial charge < -0.3 is 34.1 Å². The quantitative estimate of drug-likeness (QED) is 0.0386. The van der Waals surface area contributed by atoms with Crippen LogP contribution in [0.5, 0.6) is 11.5 Å². The van der Waals surface area contributed by atoms with E-state index in [4.69, 9.17) is 23.0 Å². The second-order valence-corrected chi connectivity index (χ2v) is 18.6. The molecule has 1 amide bonds. The molecule has 8 atom stereocenters. The number of para-hydroxylation sites is 2. The van der Waals surface area contributed by atoms with Gasteiger partial charge in [-0.05, 0) is 151 Å². The molecule has 1 heterocycles. The van der Waals surface area contributed by atoms with Crippen LogP contribution in [0.2, 0.25) is 0 Å². The maximum Gasteiger partial charge on any atom is 0.587 e. The summed E-state index contributed by atoms with van der Waals surface area (Å²) in [6.07, 6.45) is 11.9. The highest BCUT2D eigenvalue weighted by Crippen LogP contribution is 2.50. The Bertz CT molecular complexity index is 3000. The molecule has 0 aliphatic carbocycles. The van der Waals surface area contributed by atoms with Gasteiger partial charge in [0, 0.05) is 47.4 Å². The Labute approximate surface area is 453 Å². The third-order valence-corrected chi connectivity index (χ3v) is 12.8. The van der Waals surface area contributed by atoms with Crippen LogP contribution in [0.1, 0.15) is 105 Å². The van der Waals surface area contributed by atoms with Crippen molar-refractivity contribution >= 4 is 13.7 Å². The molecular formula is C65H64NO9P. The Morgan fingerprint density at radius 3 is 1.51 bits per heavy atom. The fourth-order valence-electron chi connectivity index (χ4n) is 7.07. The molecule has 3 rings (SSSR count). The number of carbonyl (C=O) groups is 1. The lowest BCUT2D eigenvalue weighted by atomic mass is 9.79. The zero-order valence-electron chi connectivity index (χ0n) is 43.9. The van der Waals surface area contributed by atoms with E-state index in [-0.39, 0.29) is 31.0 Å². The molecule has 0 saturated carbocycles. The van der Waals surface area contributed by atoms with Crippen molar-refractivity contribution in [3.63, 3.8) is 0 Å². The number of hydrogen-bond donors (Lipinski definition) is 3. The van der Waals surface area contributed by atoms with E-state index in [9.17, 15) is 19.6 Å². The average molecular weight is 1030 g/mol. The van der Waals surface area contributed by atoms with E-state index in [0.29, 0.717) is 11.5 Å². The second-order valence-electron chi connectivity index (χ2n) is 17.1. The Hall–Kier alpha value is -8.00. The number of rotatable bonds is 25. The zero-order valence-corrected chi connectivity index (χ0v) is 44.8. The molecule has 11 heteroatoms. The molecule has 0 spiro atoms. The van der Waals surface area contributed by atoms with Crippen LogP contribution in [-0.2, 0) is 23.4 Å². The third kappa shape index (κ3) is 27.9. The van der Waals surface area contributed by atoms with Gasteiger partial charge in [-0.25, -0.2) is 4.57 Å². The fraction of sp³-hybridized carbons (Fsp3) is 0.400. The van der Waals surface area contributed by atoms with Crippen LogP contribution in [0.3, 0.4) is 0 Å². The minimum Gasteiger partial charge on any atom is -0.395 e. The molecule has 0 radical (unpaired) electrons. The van der Waals surface area contributed by atoms with Crippen LogP contribution in [0.25, 0.3) is 0 Å². The first kappa shape index (κ1) is 62.3. The number of aliphatic hydroxyl groups excluding tert-OH is 2. The summed E-state index contributed by atoms with van der Waals surface area (Å²) in [6, 6.07) is 16.0. The van der Waals surface area contributed by atoms with Gasteiger partial charge in [0.25, 0.3) is 5.91 Å². The lowest BCUT2D eigenvalue weighted by molar-refractivity contribution is -0.256. The van der Waals surface area contributed by atoms with Crippen molar-refractivity contribution in [3.8, 4) is 154 Å². The molecule has 2 unspecified atom stereocenters. The maximum atomic E-state index is 14.1. The number of phosphoric acid groups is 1. The van der Waals surface area contributed by atoms with Crippen molar-refractivity contribution in [1.82, 2.24) is 5.32 Å². The molecule has 1 saturated heterocycles.